The minimum Gasteiger partial charge on any atom is -0.439 e. The highest BCUT2D eigenvalue weighted by molar-refractivity contribution is 7.98. The second-order valence-corrected chi connectivity index (χ2v) is 6.86. The number of halogens is 2. The van der Waals surface area contributed by atoms with Crippen LogP contribution >= 0.6 is 35.0 Å². The van der Waals surface area contributed by atoms with E-state index in [0.29, 0.717) is 27.6 Å². The van der Waals surface area contributed by atoms with Gasteiger partial charge in [0.15, 0.2) is 5.16 Å². The molecule has 3 rings (SSSR count). The smallest absolute Gasteiger partial charge is 0.223 e. The molecule has 0 N–H and O–H groups in total. The van der Waals surface area contributed by atoms with Gasteiger partial charge in [-0.3, -0.25) is 0 Å². The molecular weight excluding hydrogens is 363 g/mol. The second-order valence-electron chi connectivity index (χ2n) is 5.07. The zero-order valence-corrected chi connectivity index (χ0v) is 15.2. The molecule has 1 heterocycles. The van der Waals surface area contributed by atoms with Gasteiger partial charge in [0.1, 0.15) is 5.75 Å². The summed E-state index contributed by atoms with van der Waals surface area (Å²) >= 11 is 13.7. The van der Waals surface area contributed by atoms with Gasteiger partial charge in [-0.1, -0.05) is 59.2 Å². The number of benzene rings is 2. The van der Waals surface area contributed by atoms with Gasteiger partial charge in [-0.15, -0.1) is 0 Å². The standard InChI is InChI=1S/C18H14Cl2N2OS/c1-12-9-17(23-15-7-4-6-14(19)10-15)22-18(21-12)24-11-13-5-2-3-8-16(13)20/h2-10H,11H2,1H3. The van der Waals surface area contributed by atoms with Crippen LogP contribution in [-0.2, 0) is 5.75 Å². The molecule has 3 nitrogen and oxygen atoms in total. The van der Waals surface area contributed by atoms with Gasteiger partial charge in [-0.25, -0.2) is 4.98 Å². The van der Waals surface area contributed by atoms with Gasteiger partial charge < -0.3 is 4.74 Å². The topological polar surface area (TPSA) is 35.0 Å². The van der Waals surface area contributed by atoms with Crippen molar-refractivity contribution in [1.82, 2.24) is 9.97 Å². The molecule has 6 heteroatoms. The Morgan fingerprint density at radius 3 is 2.62 bits per heavy atom. The Hall–Kier alpha value is -1.75. The zero-order valence-electron chi connectivity index (χ0n) is 12.9. The Labute approximate surface area is 155 Å². The summed E-state index contributed by atoms with van der Waals surface area (Å²) in [4.78, 5) is 8.89. The molecule has 0 bridgehead atoms. The molecule has 0 aliphatic heterocycles. The van der Waals surface area contributed by atoms with E-state index in [0.717, 1.165) is 16.3 Å². The van der Waals surface area contributed by atoms with Gasteiger partial charge in [0.05, 0.1) is 0 Å². The lowest BCUT2D eigenvalue weighted by Gasteiger charge is -2.08. The number of rotatable bonds is 5. The molecule has 0 fully saturated rings. The highest BCUT2D eigenvalue weighted by atomic mass is 35.5. The maximum absolute atomic E-state index is 6.18. The van der Waals surface area contributed by atoms with Crippen LogP contribution < -0.4 is 4.74 Å². The minimum absolute atomic E-state index is 0.492. The van der Waals surface area contributed by atoms with Crippen molar-refractivity contribution in [3.8, 4) is 11.6 Å². The van der Waals surface area contributed by atoms with Gasteiger partial charge in [-0.05, 0) is 36.8 Å². The lowest BCUT2D eigenvalue weighted by Crippen LogP contribution is -1.95. The molecule has 0 saturated heterocycles. The number of aromatic nitrogens is 2. The summed E-state index contributed by atoms with van der Waals surface area (Å²) in [5, 5.41) is 2.01. The Morgan fingerprint density at radius 2 is 1.83 bits per heavy atom. The fraction of sp³-hybridized carbons (Fsp3) is 0.111. The molecule has 0 saturated carbocycles. The lowest BCUT2D eigenvalue weighted by molar-refractivity contribution is 0.454. The van der Waals surface area contributed by atoms with Crippen molar-refractivity contribution >= 4 is 35.0 Å². The van der Waals surface area contributed by atoms with Crippen LogP contribution in [0, 0.1) is 6.92 Å². The Kier molecular flexibility index (Phi) is 5.61. The zero-order chi connectivity index (χ0) is 16.9. The normalized spacial score (nSPS) is 10.6. The fourth-order valence-electron chi connectivity index (χ4n) is 2.04. The third-order valence-corrected chi connectivity index (χ3v) is 4.64. The molecule has 0 radical (unpaired) electrons. The predicted molar refractivity (Wildman–Crippen MR) is 99.3 cm³/mol. The first kappa shape index (κ1) is 17.1. The van der Waals surface area contributed by atoms with Crippen LogP contribution in [0.25, 0.3) is 0 Å². The molecule has 0 unspecified atom stereocenters. The van der Waals surface area contributed by atoms with Gasteiger partial charge in [0, 0.05) is 27.6 Å². The molecule has 2 aromatic carbocycles. The molecule has 1 aromatic heterocycles. The fourth-order valence-corrected chi connectivity index (χ4v) is 3.40. The summed E-state index contributed by atoms with van der Waals surface area (Å²) in [5.74, 6) is 1.83. The van der Waals surface area contributed by atoms with Crippen LogP contribution in [0.2, 0.25) is 10.0 Å². The number of nitrogens with zero attached hydrogens (tertiary/aromatic N) is 2. The number of hydrogen-bond acceptors (Lipinski definition) is 4. The van der Waals surface area contributed by atoms with E-state index in [-0.39, 0.29) is 0 Å². The summed E-state index contributed by atoms with van der Waals surface area (Å²) in [6.07, 6.45) is 0. The van der Waals surface area contributed by atoms with E-state index in [1.165, 1.54) is 11.8 Å². The minimum atomic E-state index is 0.492. The molecule has 0 aliphatic carbocycles. The molecule has 0 spiro atoms. The van der Waals surface area contributed by atoms with Crippen molar-refractivity contribution < 1.29 is 4.74 Å². The monoisotopic (exact) mass is 376 g/mol. The number of hydrogen-bond donors (Lipinski definition) is 0. The van der Waals surface area contributed by atoms with Crippen LogP contribution in [0.5, 0.6) is 11.6 Å². The molecule has 24 heavy (non-hydrogen) atoms. The lowest BCUT2D eigenvalue weighted by atomic mass is 10.2. The highest BCUT2D eigenvalue weighted by Crippen LogP contribution is 2.28. The van der Waals surface area contributed by atoms with E-state index in [9.17, 15) is 0 Å². The molecule has 122 valence electrons. The summed E-state index contributed by atoms with van der Waals surface area (Å²) in [6.45, 7) is 1.91. The van der Waals surface area contributed by atoms with Gasteiger partial charge in [0.2, 0.25) is 5.88 Å². The van der Waals surface area contributed by atoms with E-state index in [4.69, 9.17) is 27.9 Å². The summed E-state index contributed by atoms with van der Waals surface area (Å²) in [7, 11) is 0. The summed E-state index contributed by atoms with van der Waals surface area (Å²) in [6, 6.07) is 16.7. The van der Waals surface area contributed by atoms with E-state index in [1.54, 1.807) is 18.2 Å². The van der Waals surface area contributed by atoms with Crippen molar-refractivity contribution in [2.45, 2.75) is 17.8 Å². The van der Waals surface area contributed by atoms with Gasteiger partial charge in [-0.2, -0.15) is 4.98 Å². The third-order valence-electron chi connectivity index (χ3n) is 3.14. The van der Waals surface area contributed by atoms with E-state index >= 15 is 0 Å². The Morgan fingerprint density at radius 1 is 1.00 bits per heavy atom. The van der Waals surface area contributed by atoms with Gasteiger partial charge >= 0.3 is 0 Å². The maximum Gasteiger partial charge on any atom is 0.223 e. The van der Waals surface area contributed by atoms with Crippen molar-refractivity contribution in [2.24, 2.45) is 0 Å². The molecule has 0 atom stereocenters. The average molecular weight is 377 g/mol. The third kappa shape index (κ3) is 4.63. The molecule has 0 aliphatic rings. The van der Waals surface area contributed by atoms with E-state index in [2.05, 4.69) is 9.97 Å². The molecular formula is C18H14Cl2N2OS. The predicted octanol–water partition coefficient (Wildman–Crippen LogP) is 6.18. The van der Waals surface area contributed by atoms with Crippen molar-refractivity contribution in [3.63, 3.8) is 0 Å². The van der Waals surface area contributed by atoms with Crippen LogP contribution in [0.15, 0.2) is 59.8 Å². The summed E-state index contributed by atoms with van der Waals surface area (Å²) < 4.78 is 5.78. The first-order valence-corrected chi connectivity index (χ1v) is 8.99. The van der Waals surface area contributed by atoms with Crippen LogP contribution in [0.3, 0.4) is 0 Å². The Bertz CT molecular complexity index is 858. The van der Waals surface area contributed by atoms with Crippen LogP contribution in [0.4, 0.5) is 0 Å². The van der Waals surface area contributed by atoms with E-state index in [1.807, 2.05) is 43.3 Å². The number of ether oxygens (including phenoxy) is 1. The highest BCUT2D eigenvalue weighted by Gasteiger charge is 2.07. The maximum atomic E-state index is 6.18. The first-order chi connectivity index (χ1) is 11.6. The molecule has 0 amide bonds. The van der Waals surface area contributed by atoms with Gasteiger partial charge in [0.25, 0.3) is 0 Å². The second kappa shape index (κ2) is 7.88. The van der Waals surface area contributed by atoms with Crippen molar-refractivity contribution in [3.05, 3.63) is 75.9 Å². The SMILES string of the molecule is Cc1cc(Oc2cccc(Cl)c2)nc(SCc2ccccc2Cl)n1. The Balaban J connectivity index is 1.75. The molecule has 3 aromatic rings. The van der Waals surface area contributed by atoms with Crippen molar-refractivity contribution in [2.75, 3.05) is 0 Å². The van der Waals surface area contributed by atoms with Crippen LogP contribution in [0.1, 0.15) is 11.3 Å². The first-order valence-electron chi connectivity index (χ1n) is 7.25. The van der Waals surface area contributed by atoms with E-state index < -0.39 is 0 Å². The summed E-state index contributed by atoms with van der Waals surface area (Å²) in [5.41, 5.74) is 1.88. The number of aryl methyl sites for hydroxylation is 1. The van der Waals surface area contributed by atoms with Crippen molar-refractivity contribution in [1.29, 1.82) is 0 Å². The number of thioether (sulfide) groups is 1. The quantitative estimate of drug-likeness (QED) is 0.393. The largest absolute Gasteiger partial charge is 0.439 e. The average Bonchev–Trinajstić information content (AvgIpc) is 2.53. The van der Waals surface area contributed by atoms with Crippen LogP contribution in [-0.4, -0.2) is 9.97 Å².